The van der Waals surface area contributed by atoms with Gasteiger partial charge in [0.1, 0.15) is 0 Å². The molecule has 0 heterocycles. The molecule has 0 saturated heterocycles. The molecule has 0 radical (unpaired) electrons. The standard InChI is InChI=1S/C15H22FNO/c1-18-15-8-7-13(11-14(15)16)17-10-9-12-5-3-2-4-6-12/h7-8,11-12,17H,2-6,9-10H2,1H3. The first-order chi connectivity index (χ1) is 8.79. The van der Waals surface area contributed by atoms with Crippen molar-refractivity contribution in [2.45, 2.75) is 38.5 Å². The monoisotopic (exact) mass is 251 g/mol. The van der Waals surface area contributed by atoms with Crippen LogP contribution in [0.1, 0.15) is 38.5 Å². The topological polar surface area (TPSA) is 21.3 Å². The first-order valence-electron chi connectivity index (χ1n) is 6.87. The van der Waals surface area contributed by atoms with Crippen molar-refractivity contribution in [2.24, 2.45) is 5.92 Å². The molecule has 0 spiro atoms. The molecule has 1 N–H and O–H groups in total. The summed E-state index contributed by atoms with van der Waals surface area (Å²) in [4.78, 5) is 0. The molecule has 1 fully saturated rings. The quantitative estimate of drug-likeness (QED) is 0.846. The molecule has 0 unspecified atom stereocenters. The predicted octanol–water partition coefficient (Wildman–Crippen LogP) is 4.22. The van der Waals surface area contributed by atoms with Crippen molar-refractivity contribution in [1.29, 1.82) is 0 Å². The van der Waals surface area contributed by atoms with Gasteiger partial charge in [0.05, 0.1) is 7.11 Å². The molecule has 0 aliphatic heterocycles. The summed E-state index contributed by atoms with van der Waals surface area (Å²) in [6, 6.07) is 5.03. The highest BCUT2D eigenvalue weighted by atomic mass is 19.1. The lowest BCUT2D eigenvalue weighted by molar-refractivity contribution is 0.345. The molecule has 100 valence electrons. The second-order valence-corrected chi connectivity index (χ2v) is 5.07. The van der Waals surface area contributed by atoms with Gasteiger partial charge in [-0.15, -0.1) is 0 Å². The highest BCUT2D eigenvalue weighted by Crippen LogP contribution is 2.26. The van der Waals surface area contributed by atoms with Crippen LogP contribution in [0.4, 0.5) is 10.1 Å². The average Bonchev–Trinajstić information content (AvgIpc) is 2.40. The minimum Gasteiger partial charge on any atom is -0.494 e. The fourth-order valence-electron chi connectivity index (χ4n) is 2.67. The molecule has 0 bridgehead atoms. The molecule has 2 nitrogen and oxygen atoms in total. The lowest BCUT2D eigenvalue weighted by Gasteiger charge is -2.21. The fraction of sp³-hybridized carbons (Fsp3) is 0.600. The second kappa shape index (κ2) is 6.62. The van der Waals surface area contributed by atoms with E-state index in [-0.39, 0.29) is 5.82 Å². The SMILES string of the molecule is COc1ccc(NCCC2CCCCC2)cc1F. The summed E-state index contributed by atoms with van der Waals surface area (Å²) in [5, 5.41) is 3.29. The van der Waals surface area contributed by atoms with Crippen molar-refractivity contribution < 1.29 is 9.13 Å². The minimum atomic E-state index is -0.305. The maximum atomic E-state index is 13.5. The number of benzene rings is 1. The van der Waals surface area contributed by atoms with E-state index < -0.39 is 0 Å². The molecular weight excluding hydrogens is 229 g/mol. The highest BCUT2D eigenvalue weighted by Gasteiger charge is 2.12. The van der Waals surface area contributed by atoms with E-state index in [0.717, 1.165) is 18.2 Å². The molecule has 1 aromatic rings. The highest BCUT2D eigenvalue weighted by molar-refractivity contribution is 5.47. The van der Waals surface area contributed by atoms with Crippen molar-refractivity contribution in [2.75, 3.05) is 19.0 Å². The van der Waals surface area contributed by atoms with Gasteiger partial charge in [-0.3, -0.25) is 0 Å². The Labute approximate surface area is 109 Å². The molecule has 1 saturated carbocycles. The largest absolute Gasteiger partial charge is 0.494 e. The number of anilines is 1. The normalized spacial score (nSPS) is 16.6. The van der Waals surface area contributed by atoms with Crippen LogP contribution in [0.2, 0.25) is 0 Å². The Kier molecular flexibility index (Phi) is 4.85. The molecule has 1 aliphatic carbocycles. The summed E-state index contributed by atoms with van der Waals surface area (Å²) in [5.74, 6) is 0.849. The smallest absolute Gasteiger partial charge is 0.167 e. The minimum absolute atomic E-state index is 0.299. The molecule has 2 rings (SSSR count). The molecule has 1 aliphatic rings. The summed E-state index contributed by atoms with van der Waals surface area (Å²) < 4.78 is 18.4. The third-order valence-corrected chi connectivity index (χ3v) is 3.76. The van der Waals surface area contributed by atoms with Crippen molar-refractivity contribution in [3.05, 3.63) is 24.0 Å². The molecular formula is C15H22FNO. The summed E-state index contributed by atoms with van der Waals surface area (Å²) >= 11 is 0. The fourth-order valence-corrected chi connectivity index (χ4v) is 2.67. The van der Waals surface area contributed by atoms with E-state index >= 15 is 0 Å². The van der Waals surface area contributed by atoms with E-state index in [1.165, 1.54) is 51.7 Å². The maximum Gasteiger partial charge on any atom is 0.167 e. The molecule has 0 amide bonds. The Morgan fingerprint density at radius 1 is 1.28 bits per heavy atom. The second-order valence-electron chi connectivity index (χ2n) is 5.07. The van der Waals surface area contributed by atoms with Crippen LogP contribution in [-0.4, -0.2) is 13.7 Å². The Hall–Kier alpha value is -1.25. The number of hydrogen-bond donors (Lipinski definition) is 1. The number of halogens is 1. The lowest BCUT2D eigenvalue weighted by Crippen LogP contribution is -2.12. The van der Waals surface area contributed by atoms with Gasteiger partial charge in [-0.2, -0.15) is 0 Å². The third-order valence-electron chi connectivity index (χ3n) is 3.76. The van der Waals surface area contributed by atoms with Crippen molar-refractivity contribution in [3.8, 4) is 5.75 Å². The predicted molar refractivity (Wildman–Crippen MR) is 72.6 cm³/mol. The van der Waals surface area contributed by atoms with Crippen LogP contribution in [0.15, 0.2) is 18.2 Å². The van der Waals surface area contributed by atoms with E-state index in [2.05, 4.69) is 5.32 Å². The molecule has 18 heavy (non-hydrogen) atoms. The van der Waals surface area contributed by atoms with Crippen LogP contribution >= 0.6 is 0 Å². The van der Waals surface area contributed by atoms with Crippen LogP contribution in [0.3, 0.4) is 0 Å². The Morgan fingerprint density at radius 2 is 2.06 bits per heavy atom. The molecule has 0 atom stereocenters. The van der Waals surface area contributed by atoms with Crippen LogP contribution < -0.4 is 10.1 Å². The first-order valence-corrected chi connectivity index (χ1v) is 6.87. The zero-order valence-corrected chi connectivity index (χ0v) is 11.0. The summed E-state index contributed by atoms with van der Waals surface area (Å²) in [7, 11) is 1.48. The van der Waals surface area contributed by atoms with Gasteiger partial charge in [-0.05, 0) is 24.5 Å². The lowest BCUT2D eigenvalue weighted by atomic mass is 9.87. The Balaban J connectivity index is 1.77. The number of rotatable bonds is 5. The maximum absolute atomic E-state index is 13.5. The van der Waals surface area contributed by atoms with E-state index in [9.17, 15) is 4.39 Å². The zero-order valence-electron chi connectivity index (χ0n) is 11.0. The van der Waals surface area contributed by atoms with Gasteiger partial charge in [0.25, 0.3) is 0 Å². The van der Waals surface area contributed by atoms with Crippen LogP contribution in [0, 0.1) is 11.7 Å². The van der Waals surface area contributed by atoms with Crippen LogP contribution in [0.25, 0.3) is 0 Å². The van der Waals surface area contributed by atoms with E-state index in [1.54, 1.807) is 6.07 Å². The summed E-state index contributed by atoms with van der Waals surface area (Å²) in [5.41, 5.74) is 0.837. The molecule has 3 heteroatoms. The third kappa shape index (κ3) is 3.62. The van der Waals surface area contributed by atoms with Crippen molar-refractivity contribution in [3.63, 3.8) is 0 Å². The van der Waals surface area contributed by atoms with Crippen molar-refractivity contribution in [1.82, 2.24) is 0 Å². The van der Waals surface area contributed by atoms with Crippen LogP contribution in [0.5, 0.6) is 5.75 Å². The van der Waals surface area contributed by atoms with Gasteiger partial charge in [-0.25, -0.2) is 4.39 Å². The van der Waals surface area contributed by atoms with Gasteiger partial charge in [0.2, 0.25) is 0 Å². The number of hydrogen-bond acceptors (Lipinski definition) is 2. The Bertz CT molecular complexity index is 375. The Morgan fingerprint density at radius 3 is 2.72 bits per heavy atom. The summed E-state index contributed by atoms with van der Waals surface area (Å²) in [6.07, 6.45) is 8.06. The molecule has 1 aromatic carbocycles. The zero-order chi connectivity index (χ0) is 12.8. The first kappa shape index (κ1) is 13.2. The van der Waals surface area contributed by atoms with E-state index in [0.29, 0.717) is 5.75 Å². The van der Waals surface area contributed by atoms with Gasteiger partial charge in [-0.1, -0.05) is 32.1 Å². The van der Waals surface area contributed by atoms with E-state index in [1.807, 2.05) is 6.07 Å². The van der Waals surface area contributed by atoms with Crippen LogP contribution in [-0.2, 0) is 0 Å². The number of methoxy groups -OCH3 is 1. The van der Waals surface area contributed by atoms with Gasteiger partial charge < -0.3 is 10.1 Å². The number of nitrogens with one attached hydrogen (secondary N) is 1. The van der Waals surface area contributed by atoms with Gasteiger partial charge in [0, 0.05) is 18.3 Å². The number of ether oxygens (including phenoxy) is 1. The summed E-state index contributed by atoms with van der Waals surface area (Å²) in [6.45, 7) is 0.927. The van der Waals surface area contributed by atoms with E-state index in [4.69, 9.17) is 4.74 Å². The van der Waals surface area contributed by atoms with Crippen molar-refractivity contribution >= 4 is 5.69 Å². The average molecular weight is 251 g/mol. The van der Waals surface area contributed by atoms with Gasteiger partial charge >= 0.3 is 0 Å². The molecule has 0 aromatic heterocycles. The van der Waals surface area contributed by atoms with Gasteiger partial charge in [0.15, 0.2) is 11.6 Å².